The molecule has 0 saturated carbocycles. The normalized spacial score (nSPS) is 18.0. The number of nitrogens with zero attached hydrogens (tertiary/aromatic N) is 3. The maximum atomic E-state index is 14.5. The molecule has 1 atom stereocenters. The number of carbonyl (C=O) groups is 2. The molecule has 1 unspecified atom stereocenters. The summed E-state index contributed by atoms with van der Waals surface area (Å²) in [7, 11) is 1.76. The number of benzene rings is 3. The van der Waals surface area contributed by atoms with Crippen molar-refractivity contribution in [1.29, 1.82) is 0 Å². The lowest BCUT2D eigenvalue weighted by atomic mass is 9.77. The quantitative estimate of drug-likeness (QED) is 0.427. The van der Waals surface area contributed by atoms with Crippen LogP contribution in [0.25, 0.3) is 11.4 Å². The summed E-state index contributed by atoms with van der Waals surface area (Å²) in [6.07, 6.45) is 0. The van der Waals surface area contributed by atoms with E-state index in [1.54, 1.807) is 24.1 Å². The van der Waals surface area contributed by atoms with Crippen LogP contribution in [-0.4, -0.2) is 28.8 Å². The minimum absolute atomic E-state index is 0.0312. The van der Waals surface area contributed by atoms with Crippen molar-refractivity contribution in [1.82, 2.24) is 15.3 Å². The second kappa shape index (κ2) is 8.19. The Morgan fingerprint density at radius 2 is 1.62 bits per heavy atom. The van der Waals surface area contributed by atoms with E-state index in [2.05, 4.69) is 20.6 Å². The number of halogens is 2. The van der Waals surface area contributed by atoms with Crippen molar-refractivity contribution in [2.75, 3.05) is 17.3 Å². The predicted octanol–water partition coefficient (Wildman–Crippen LogP) is 4.69. The molecule has 0 spiro atoms. The van der Waals surface area contributed by atoms with E-state index in [1.807, 2.05) is 43.3 Å². The Labute approximate surface area is 211 Å². The summed E-state index contributed by atoms with van der Waals surface area (Å²) in [5, 5.41) is 5.78. The lowest BCUT2D eigenvalue weighted by molar-refractivity contribution is -0.121. The number of rotatable bonds is 4. The standard InChI is InChI=1S/C28H21F2N5O2/c1-28(17-6-3-4-9-21(17)35(2)27(28)37)15-10-12-16(13-11-15)32-25-23-20(14-31-26(23)36)33-24(34-25)22-18(29)7-5-8-19(22)30/h3-13H,14H2,1-2H3,(H,31,36)(H,32,33,34). The van der Waals surface area contributed by atoms with Crippen LogP contribution in [0.5, 0.6) is 0 Å². The Morgan fingerprint density at radius 3 is 2.35 bits per heavy atom. The van der Waals surface area contributed by atoms with Crippen LogP contribution in [0.15, 0.2) is 66.7 Å². The van der Waals surface area contributed by atoms with Gasteiger partial charge in [0, 0.05) is 18.4 Å². The van der Waals surface area contributed by atoms with Crippen LogP contribution >= 0.6 is 0 Å². The highest BCUT2D eigenvalue weighted by Gasteiger charge is 2.47. The Morgan fingerprint density at radius 1 is 0.919 bits per heavy atom. The third-order valence-corrected chi connectivity index (χ3v) is 7.08. The van der Waals surface area contributed by atoms with Gasteiger partial charge in [-0.15, -0.1) is 0 Å². The zero-order valence-electron chi connectivity index (χ0n) is 20.0. The summed E-state index contributed by atoms with van der Waals surface area (Å²) in [6.45, 7) is 2.03. The number of nitrogens with one attached hydrogen (secondary N) is 2. The zero-order chi connectivity index (χ0) is 25.9. The van der Waals surface area contributed by atoms with Gasteiger partial charge < -0.3 is 15.5 Å². The molecule has 0 aliphatic carbocycles. The highest BCUT2D eigenvalue weighted by molar-refractivity contribution is 6.09. The molecule has 6 rings (SSSR count). The van der Waals surface area contributed by atoms with E-state index in [1.165, 1.54) is 6.07 Å². The van der Waals surface area contributed by atoms with Crippen LogP contribution in [0.4, 0.5) is 26.0 Å². The lowest BCUT2D eigenvalue weighted by Gasteiger charge is -2.24. The molecule has 2 amide bonds. The fourth-order valence-corrected chi connectivity index (χ4v) is 5.09. The van der Waals surface area contributed by atoms with Crippen molar-refractivity contribution in [3.63, 3.8) is 0 Å². The summed E-state index contributed by atoms with van der Waals surface area (Å²) >= 11 is 0. The summed E-state index contributed by atoms with van der Waals surface area (Å²) in [5.74, 6) is -2.03. The monoisotopic (exact) mass is 497 g/mol. The largest absolute Gasteiger partial charge is 0.346 e. The first-order chi connectivity index (χ1) is 17.8. The molecule has 7 nitrogen and oxygen atoms in total. The Balaban J connectivity index is 1.38. The van der Waals surface area contributed by atoms with Gasteiger partial charge >= 0.3 is 0 Å². The Bertz CT molecular complexity index is 1580. The third-order valence-electron chi connectivity index (χ3n) is 7.08. The lowest BCUT2D eigenvalue weighted by Crippen LogP contribution is -2.37. The molecule has 0 radical (unpaired) electrons. The maximum absolute atomic E-state index is 14.5. The van der Waals surface area contributed by atoms with Gasteiger partial charge in [0.25, 0.3) is 5.91 Å². The number of fused-ring (bicyclic) bond motifs is 2. The number of hydrogen-bond donors (Lipinski definition) is 2. The van der Waals surface area contributed by atoms with Gasteiger partial charge in [-0.3, -0.25) is 9.59 Å². The van der Waals surface area contributed by atoms with Crippen molar-refractivity contribution in [2.45, 2.75) is 18.9 Å². The highest BCUT2D eigenvalue weighted by atomic mass is 19.1. The number of carbonyl (C=O) groups excluding carboxylic acids is 2. The van der Waals surface area contributed by atoms with Crippen LogP contribution in [0, 0.1) is 11.6 Å². The third kappa shape index (κ3) is 3.38. The van der Waals surface area contributed by atoms with Gasteiger partial charge in [0.1, 0.15) is 23.0 Å². The maximum Gasteiger partial charge on any atom is 0.257 e. The van der Waals surface area contributed by atoms with E-state index < -0.39 is 17.0 Å². The molecule has 37 heavy (non-hydrogen) atoms. The number of amides is 2. The molecular formula is C28H21F2N5O2. The molecule has 4 aromatic rings. The van der Waals surface area contributed by atoms with Crippen molar-refractivity contribution in [3.8, 4) is 11.4 Å². The number of likely N-dealkylation sites (N-methyl/N-ethyl adjacent to an activating group) is 1. The van der Waals surface area contributed by atoms with Gasteiger partial charge in [-0.2, -0.15) is 0 Å². The first-order valence-corrected chi connectivity index (χ1v) is 11.7. The van der Waals surface area contributed by atoms with E-state index in [4.69, 9.17) is 0 Å². The van der Waals surface area contributed by atoms with Gasteiger partial charge in [-0.25, -0.2) is 18.7 Å². The first-order valence-electron chi connectivity index (χ1n) is 11.7. The summed E-state index contributed by atoms with van der Waals surface area (Å²) in [5.41, 5.74) is 2.53. The van der Waals surface area contributed by atoms with Crippen molar-refractivity contribution in [2.24, 2.45) is 0 Å². The van der Waals surface area contributed by atoms with Crippen LogP contribution in [0.3, 0.4) is 0 Å². The van der Waals surface area contributed by atoms with Crippen molar-refractivity contribution < 1.29 is 18.4 Å². The van der Waals surface area contributed by atoms with E-state index >= 15 is 0 Å². The molecule has 9 heteroatoms. The number of para-hydroxylation sites is 1. The fraction of sp³-hybridized carbons (Fsp3) is 0.143. The average Bonchev–Trinajstić information content (AvgIpc) is 3.36. The minimum Gasteiger partial charge on any atom is -0.346 e. The van der Waals surface area contributed by atoms with Crippen LogP contribution in [0.2, 0.25) is 0 Å². The predicted molar refractivity (Wildman–Crippen MR) is 135 cm³/mol. The minimum atomic E-state index is -0.852. The number of anilines is 3. The van der Waals surface area contributed by atoms with Crippen LogP contribution < -0.4 is 15.5 Å². The topological polar surface area (TPSA) is 87.2 Å². The van der Waals surface area contributed by atoms with Gasteiger partial charge in [0.15, 0.2) is 5.82 Å². The molecule has 1 aromatic heterocycles. The van der Waals surface area contributed by atoms with Crippen molar-refractivity contribution >= 4 is 29.0 Å². The SMILES string of the molecule is CN1C(=O)C(C)(c2ccc(Nc3nc(-c4c(F)cccc4F)nc4c3C(=O)NC4)cc2)c2ccccc21. The molecule has 0 bridgehead atoms. The molecule has 3 heterocycles. The molecule has 2 N–H and O–H groups in total. The Hall–Kier alpha value is -4.66. The van der Waals surface area contributed by atoms with Gasteiger partial charge in [0.2, 0.25) is 5.91 Å². The molecule has 2 aliphatic heterocycles. The highest BCUT2D eigenvalue weighted by Crippen LogP contribution is 2.45. The van der Waals surface area contributed by atoms with Gasteiger partial charge in [0.05, 0.1) is 23.2 Å². The summed E-state index contributed by atoms with van der Waals surface area (Å²) in [4.78, 5) is 36.0. The van der Waals surface area contributed by atoms with Crippen molar-refractivity contribution in [3.05, 3.63) is 101 Å². The Kier molecular flexibility index (Phi) is 5.04. The van der Waals surface area contributed by atoms with Crippen LogP contribution in [0.1, 0.15) is 34.1 Å². The number of hydrogen-bond acceptors (Lipinski definition) is 5. The molecule has 3 aromatic carbocycles. The smallest absolute Gasteiger partial charge is 0.257 e. The second-order valence-corrected chi connectivity index (χ2v) is 9.21. The first kappa shape index (κ1) is 22.8. The van der Waals surface area contributed by atoms with Gasteiger partial charge in [-0.05, 0) is 48.4 Å². The molecular weight excluding hydrogens is 476 g/mol. The summed E-state index contributed by atoms with van der Waals surface area (Å²) < 4.78 is 28.9. The van der Waals surface area contributed by atoms with E-state index in [0.29, 0.717) is 11.4 Å². The second-order valence-electron chi connectivity index (χ2n) is 9.21. The zero-order valence-corrected chi connectivity index (χ0v) is 20.0. The van der Waals surface area contributed by atoms with E-state index in [9.17, 15) is 18.4 Å². The molecule has 2 aliphatic rings. The fourth-order valence-electron chi connectivity index (χ4n) is 5.09. The number of aromatic nitrogens is 2. The summed E-state index contributed by atoms with van der Waals surface area (Å²) in [6, 6.07) is 18.5. The van der Waals surface area contributed by atoms with E-state index in [-0.39, 0.29) is 41.1 Å². The van der Waals surface area contributed by atoms with Gasteiger partial charge in [-0.1, -0.05) is 36.4 Å². The van der Waals surface area contributed by atoms with Crippen LogP contribution in [-0.2, 0) is 16.8 Å². The average molecular weight is 498 g/mol. The van der Waals surface area contributed by atoms with E-state index in [0.717, 1.165) is 28.9 Å². The molecule has 0 saturated heterocycles. The molecule has 0 fully saturated rings. The molecule has 184 valence electrons.